The van der Waals surface area contributed by atoms with Gasteiger partial charge in [0.1, 0.15) is 12.4 Å². The summed E-state index contributed by atoms with van der Waals surface area (Å²) in [6.07, 6.45) is 0. The lowest BCUT2D eigenvalue weighted by Crippen LogP contribution is -3.13. The van der Waals surface area contributed by atoms with Gasteiger partial charge in [-0.25, -0.2) is 9.37 Å². The third-order valence-corrected chi connectivity index (χ3v) is 5.39. The summed E-state index contributed by atoms with van der Waals surface area (Å²) in [4.78, 5) is 20.7. The van der Waals surface area contributed by atoms with Crippen LogP contribution in [-0.2, 0) is 6.54 Å². The first kappa shape index (κ1) is 16.2. The van der Waals surface area contributed by atoms with E-state index in [9.17, 15) is 9.18 Å². The van der Waals surface area contributed by atoms with Crippen LogP contribution in [-0.4, -0.2) is 40.8 Å². The third-order valence-electron chi connectivity index (χ3n) is 4.48. The van der Waals surface area contributed by atoms with Crippen molar-refractivity contribution in [2.45, 2.75) is 13.5 Å². The van der Waals surface area contributed by atoms with Gasteiger partial charge in [-0.15, -0.1) is 0 Å². The van der Waals surface area contributed by atoms with Crippen molar-refractivity contribution in [2.75, 3.05) is 31.1 Å². The highest BCUT2D eigenvalue weighted by atomic mass is 32.1. The number of piperazine rings is 1. The molecular formula is C17H19FN5OS+. The topological polar surface area (TPSA) is 54.9 Å². The Morgan fingerprint density at radius 3 is 2.68 bits per heavy atom. The molecule has 1 N–H and O–H groups in total. The molecule has 2 aromatic heterocycles. The van der Waals surface area contributed by atoms with E-state index in [2.05, 4.69) is 15.0 Å². The molecule has 0 spiro atoms. The molecule has 0 radical (unpaired) electrons. The van der Waals surface area contributed by atoms with Crippen LogP contribution in [0.3, 0.4) is 0 Å². The summed E-state index contributed by atoms with van der Waals surface area (Å²) < 4.78 is 14.4. The van der Waals surface area contributed by atoms with Crippen LogP contribution in [0.25, 0.3) is 4.96 Å². The van der Waals surface area contributed by atoms with Crippen molar-refractivity contribution in [1.29, 1.82) is 0 Å². The summed E-state index contributed by atoms with van der Waals surface area (Å²) in [5.74, 6) is -0.206. The van der Waals surface area contributed by atoms with Crippen LogP contribution >= 0.6 is 11.3 Å². The Morgan fingerprint density at radius 1 is 1.24 bits per heavy atom. The van der Waals surface area contributed by atoms with Crippen molar-refractivity contribution in [3.8, 4) is 0 Å². The van der Waals surface area contributed by atoms with Crippen molar-refractivity contribution in [1.82, 2.24) is 14.6 Å². The lowest BCUT2D eigenvalue weighted by atomic mass is 10.2. The van der Waals surface area contributed by atoms with E-state index >= 15 is 0 Å². The number of aromatic nitrogens is 3. The Morgan fingerprint density at radius 2 is 1.96 bits per heavy atom. The Hall–Kier alpha value is -2.32. The molecule has 0 saturated carbocycles. The molecule has 8 heteroatoms. The largest absolute Gasteiger partial charge is 0.360 e. The number of anilines is 1. The number of quaternary nitrogens is 1. The molecular weight excluding hydrogens is 341 g/mol. The zero-order chi connectivity index (χ0) is 17.4. The molecule has 6 nitrogen and oxygen atoms in total. The van der Waals surface area contributed by atoms with Gasteiger partial charge in [-0.2, -0.15) is 9.61 Å². The van der Waals surface area contributed by atoms with Gasteiger partial charge in [0.25, 0.3) is 5.56 Å². The first-order valence-corrected chi connectivity index (χ1v) is 9.10. The highest BCUT2D eigenvalue weighted by molar-refractivity contribution is 7.16. The standard InChI is InChI=1S/C17H18FN5OS/c1-12-10-16(24)23-17(19-12)25-15(20-23)11-21-6-8-22(9-7-21)14-4-2-13(18)3-5-14/h2-5,10H,6-9,11H2,1H3/p+1. The number of benzene rings is 1. The maximum absolute atomic E-state index is 13.0. The van der Waals surface area contributed by atoms with Gasteiger partial charge in [-0.3, -0.25) is 4.79 Å². The number of nitrogens with one attached hydrogen (secondary N) is 1. The van der Waals surface area contributed by atoms with E-state index in [4.69, 9.17) is 0 Å². The maximum atomic E-state index is 13.0. The van der Waals surface area contributed by atoms with E-state index in [1.165, 1.54) is 39.0 Å². The van der Waals surface area contributed by atoms with Crippen LogP contribution in [0.1, 0.15) is 10.7 Å². The molecule has 1 aliphatic heterocycles. The molecule has 1 aromatic carbocycles. The first-order valence-electron chi connectivity index (χ1n) is 8.29. The molecule has 25 heavy (non-hydrogen) atoms. The molecule has 0 bridgehead atoms. The highest BCUT2D eigenvalue weighted by Crippen LogP contribution is 2.15. The van der Waals surface area contributed by atoms with Crippen LogP contribution in [0.2, 0.25) is 0 Å². The van der Waals surface area contributed by atoms with E-state index in [0.29, 0.717) is 4.96 Å². The van der Waals surface area contributed by atoms with Gasteiger partial charge in [-0.05, 0) is 31.2 Å². The average Bonchev–Trinajstić information content (AvgIpc) is 2.99. The average molecular weight is 360 g/mol. The monoisotopic (exact) mass is 360 g/mol. The molecule has 130 valence electrons. The summed E-state index contributed by atoms with van der Waals surface area (Å²) in [6, 6.07) is 8.16. The molecule has 0 aliphatic carbocycles. The SMILES string of the molecule is Cc1cc(=O)n2nc(C[NH+]3CCN(c4ccc(F)cc4)CC3)sc2n1. The zero-order valence-corrected chi connectivity index (χ0v) is 14.7. The second-order valence-corrected chi connectivity index (χ2v) is 7.36. The Balaban J connectivity index is 1.42. The highest BCUT2D eigenvalue weighted by Gasteiger charge is 2.22. The lowest BCUT2D eigenvalue weighted by molar-refractivity contribution is -0.914. The second kappa shape index (κ2) is 6.53. The van der Waals surface area contributed by atoms with Gasteiger partial charge in [0, 0.05) is 17.4 Å². The predicted molar refractivity (Wildman–Crippen MR) is 94.9 cm³/mol. The van der Waals surface area contributed by atoms with E-state index < -0.39 is 0 Å². The fraction of sp³-hybridized carbons (Fsp3) is 0.353. The Kier molecular flexibility index (Phi) is 4.22. The molecule has 3 aromatic rings. The van der Waals surface area contributed by atoms with E-state index in [-0.39, 0.29) is 11.4 Å². The summed E-state index contributed by atoms with van der Waals surface area (Å²) in [5, 5.41) is 5.35. The number of hydrogen-bond donors (Lipinski definition) is 1. The quantitative estimate of drug-likeness (QED) is 0.739. The second-order valence-electron chi connectivity index (χ2n) is 6.32. The number of hydrogen-bond acceptors (Lipinski definition) is 5. The van der Waals surface area contributed by atoms with Gasteiger partial charge >= 0.3 is 0 Å². The Bertz CT molecular complexity index is 944. The van der Waals surface area contributed by atoms with Gasteiger partial charge in [-0.1, -0.05) is 11.3 Å². The van der Waals surface area contributed by atoms with Crippen LogP contribution in [0.4, 0.5) is 10.1 Å². The fourth-order valence-electron chi connectivity index (χ4n) is 3.16. The molecule has 3 heterocycles. The predicted octanol–water partition coefficient (Wildman–Crippen LogP) is 0.504. The molecule has 0 unspecified atom stereocenters. The van der Waals surface area contributed by atoms with E-state index in [1.807, 2.05) is 19.1 Å². The Labute approximate surface area is 148 Å². The molecule has 1 fully saturated rings. The van der Waals surface area contributed by atoms with E-state index in [1.54, 1.807) is 0 Å². The number of nitrogens with zero attached hydrogens (tertiary/aromatic N) is 4. The van der Waals surface area contributed by atoms with Crippen LogP contribution in [0, 0.1) is 12.7 Å². The molecule has 1 aliphatic rings. The fourth-order valence-corrected chi connectivity index (χ4v) is 4.17. The normalized spacial score (nSPS) is 15.8. The lowest BCUT2D eigenvalue weighted by Gasteiger charge is -2.33. The molecule has 0 amide bonds. The minimum atomic E-state index is -0.206. The third kappa shape index (κ3) is 3.40. The van der Waals surface area contributed by atoms with E-state index in [0.717, 1.165) is 49.1 Å². The maximum Gasteiger partial charge on any atom is 0.275 e. The van der Waals surface area contributed by atoms with Crippen molar-refractivity contribution in [2.24, 2.45) is 0 Å². The summed E-state index contributed by atoms with van der Waals surface area (Å²) in [7, 11) is 0. The molecule has 1 saturated heterocycles. The van der Waals surface area contributed by atoms with Crippen molar-refractivity contribution >= 4 is 22.0 Å². The minimum absolute atomic E-state index is 0.124. The smallest absolute Gasteiger partial charge is 0.275 e. The van der Waals surface area contributed by atoms with Crippen molar-refractivity contribution in [3.05, 3.63) is 57.2 Å². The van der Waals surface area contributed by atoms with Gasteiger partial charge in [0.15, 0.2) is 5.01 Å². The summed E-state index contributed by atoms with van der Waals surface area (Å²) in [6.45, 7) is 6.42. The van der Waals surface area contributed by atoms with Gasteiger partial charge < -0.3 is 9.80 Å². The van der Waals surface area contributed by atoms with Crippen LogP contribution < -0.4 is 15.4 Å². The van der Waals surface area contributed by atoms with Crippen LogP contribution in [0.15, 0.2) is 35.1 Å². The molecule has 0 atom stereocenters. The van der Waals surface area contributed by atoms with Gasteiger partial charge in [0.2, 0.25) is 4.96 Å². The minimum Gasteiger partial charge on any atom is -0.360 e. The summed E-state index contributed by atoms with van der Waals surface area (Å²) in [5.41, 5.74) is 1.66. The number of halogens is 1. The van der Waals surface area contributed by atoms with Gasteiger partial charge in [0.05, 0.1) is 26.2 Å². The van der Waals surface area contributed by atoms with Crippen molar-refractivity contribution in [3.63, 3.8) is 0 Å². The number of rotatable bonds is 3. The number of aryl methyl sites for hydroxylation is 1. The first-order chi connectivity index (χ1) is 12.1. The van der Waals surface area contributed by atoms with Crippen molar-refractivity contribution < 1.29 is 9.29 Å². The zero-order valence-electron chi connectivity index (χ0n) is 13.9. The molecule has 4 rings (SSSR count). The van der Waals surface area contributed by atoms with Crippen LogP contribution in [0.5, 0.6) is 0 Å². The number of fused-ring (bicyclic) bond motifs is 1. The summed E-state index contributed by atoms with van der Waals surface area (Å²) >= 11 is 1.48.